The van der Waals surface area contributed by atoms with Gasteiger partial charge in [-0.1, -0.05) is 0 Å². The Hall–Kier alpha value is -1.41. The van der Waals surface area contributed by atoms with Gasteiger partial charge >= 0.3 is 0 Å². The Balaban J connectivity index is 1.62. The Morgan fingerprint density at radius 3 is 2.59 bits per heavy atom. The molecule has 22 heavy (non-hydrogen) atoms. The van der Waals surface area contributed by atoms with Crippen molar-refractivity contribution in [1.82, 2.24) is 14.5 Å². The molecule has 0 bridgehead atoms. The molecule has 1 aromatic heterocycles. The van der Waals surface area contributed by atoms with E-state index in [9.17, 15) is 8.42 Å². The van der Waals surface area contributed by atoms with Gasteiger partial charge in [-0.15, -0.1) is 10.2 Å². The molecule has 8 heteroatoms. The van der Waals surface area contributed by atoms with E-state index in [0.717, 1.165) is 31.5 Å². The van der Waals surface area contributed by atoms with Crippen LogP contribution in [0.2, 0.25) is 0 Å². The first-order valence-electron chi connectivity index (χ1n) is 7.63. The average Bonchev–Trinajstić information content (AvgIpc) is 3.33. The minimum absolute atomic E-state index is 0.151. The van der Waals surface area contributed by atoms with Gasteiger partial charge in [0.05, 0.1) is 11.8 Å². The summed E-state index contributed by atoms with van der Waals surface area (Å²) in [5.41, 5.74) is 0. The van der Waals surface area contributed by atoms with Gasteiger partial charge in [0.15, 0.2) is 5.82 Å². The first kappa shape index (κ1) is 15.5. The van der Waals surface area contributed by atoms with E-state index in [1.165, 1.54) is 0 Å². The fourth-order valence-electron chi connectivity index (χ4n) is 2.59. The molecule has 1 aliphatic heterocycles. The van der Waals surface area contributed by atoms with Gasteiger partial charge in [-0.05, 0) is 31.7 Å². The van der Waals surface area contributed by atoms with Crippen LogP contribution in [0.1, 0.15) is 25.7 Å². The number of piperidine rings is 1. The van der Waals surface area contributed by atoms with Crippen LogP contribution >= 0.6 is 0 Å². The van der Waals surface area contributed by atoms with E-state index < -0.39 is 10.0 Å². The first-order chi connectivity index (χ1) is 10.5. The molecule has 0 aromatic carbocycles. The summed E-state index contributed by atoms with van der Waals surface area (Å²) >= 11 is 0. The van der Waals surface area contributed by atoms with Gasteiger partial charge in [-0.3, -0.25) is 0 Å². The van der Waals surface area contributed by atoms with Gasteiger partial charge in [0.1, 0.15) is 6.10 Å². The van der Waals surface area contributed by atoms with E-state index in [0.29, 0.717) is 19.0 Å². The maximum absolute atomic E-state index is 12.3. The van der Waals surface area contributed by atoms with Gasteiger partial charge in [0.2, 0.25) is 15.9 Å². The average molecular weight is 326 g/mol. The molecule has 0 radical (unpaired) electrons. The second-order valence-corrected chi connectivity index (χ2v) is 8.32. The van der Waals surface area contributed by atoms with Crippen molar-refractivity contribution in [3.05, 3.63) is 12.1 Å². The first-order valence-corrected chi connectivity index (χ1v) is 9.14. The molecule has 2 heterocycles. The largest absolute Gasteiger partial charge is 0.472 e. The lowest BCUT2D eigenvalue weighted by molar-refractivity contribution is 0.123. The third kappa shape index (κ3) is 3.33. The van der Waals surface area contributed by atoms with E-state index in [4.69, 9.17) is 4.74 Å². The van der Waals surface area contributed by atoms with Crippen molar-refractivity contribution in [3.63, 3.8) is 0 Å². The maximum Gasteiger partial charge on any atom is 0.233 e. The van der Waals surface area contributed by atoms with Gasteiger partial charge in [-0.25, -0.2) is 8.42 Å². The third-order valence-corrected chi connectivity index (χ3v) is 6.38. The Morgan fingerprint density at radius 1 is 1.23 bits per heavy atom. The summed E-state index contributed by atoms with van der Waals surface area (Å²) in [4.78, 5) is 1.86. The van der Waals surface area contributed by atoms with E-state index in [1.807, 2.05) is 25.1 Å². The summed E-state index contributed by atoms with van der Waals surface area (Å²) in [6, 6.07) is 3.61. The highest BCUT2D eigenvalue weighted by molar-refractivity contribution is 7.90. The number of hydrogen-bond donors (Lipinski definition) is 0. The predicted molar refractivity (Wildman–Crippen MR) is 83.5 cm³/mol. The summed E-state index contributed by atoms with van der Waals surface area (Å²) in [5.74, 6) is 1.20. The van der Waals surface area contributed by atoms with Gasteiger partial charge < -0.3 is 9.64 Å². The number of aromatic nitrogens is 2. The Bertz CT molecular complexity index is 613. The predicted octanol–water partition coefficient (Wildman–Crippen LogP) is 0.878. The van der Waals surface area contributed by atoms with Crippen LogP contribution in [-0.2, 0) is 10.0 Å². The van der Waals surface area contributed by atoms with Crippen molar-refractivity contribution in [1.29, 1.82) is 0 Å². The zero-order chi connectivity index (χ0) is 15.7. The minimum Gasteiger partial charge on any atom is -0.472 e. The summed E-state index contributed by atoms with van der Waals surface area (Å²) in [5, 5.41) is 7.95. The molecule has 1 saturated heterocycles. The van der Waals surface area contributed by atoms with Crippen molar-refractivity contribution in [3.8, 4) is 5.88 Å². The van der Waals surface area contributed by atoms with E-state index in [1.54, 1.807) is 10.4 Å². The maximum atomic E-state index is 12.3. The Labute approximate surface area is 131 Å². The molecule has 2 aliphatic rings. The van der Waals surface area contributed by atoms with Crippen LogP contribution in [0.15, 0.2) is 12.1 Å². The fraction of sp³-hybridized carbons (Fsp3) is 0.714. The number of hydrogen-bond acceptors (Lipinski definition) is 6. The van der Waals surface area contributed by atoms with Crippen molar-refractivity contribution in [2.24, 2.45) is 0 Å². The second-order valence-electron chi connectivity index (χ2n) is 6.11. The van der Waals surface area contributed by atoms with E-state index >= 15 is 0 Å². The van der Waals surface area contributed by atoms with Crippen LogP contribution in [-0.4, -0.2) is 61.5 Å². The molecule has 0 spiro atoms. The van der Waals surface area contributed by atoms with Crippen molar-refractivity contribution < 1.29 is 13.2 Å². The molecule has 1 unspecified atom stereocenters. The third-order valence-electron chi connectivity index (χ3n) is 4.02. The molecule has 2 fully saturated rings. The minimum atomic E-state index is -3.12. The highest BCUT2D eigenvalue weighted by Crippen LogP contribution is 2.32. The number of rotatable bonds is 5. The lowest BCUT2D eigenvalue weighted by Crippen LogP contribution is -2.45. The Morgan fingerprint density at radius 2 is 2.00 bits per heavy atom. The lowest BCUT2D eigenvalue weighted by Gasteiger charge is -2.31. The monoisotopic (exact) mass is 326 g/mol. The molecule has 3 rings (SSSR count). The second kappa shape index (κ2) is 6.00. The summed E-state index contributed by atoms with van der Waals surface area (Å²) in [6.07, 6.45) is 3.10. The molecular formula is C14H22N4O3S. The molecule has 0 amide bonds. The summed E-state index contributed by atoms with van der Waals surface area (Å²) in [6.45, 7) is 1.01. The normalized spacial score (nSPS) is 23.3. The van der Waals surface area contributed by atoms with Crippen LogP contribution in [0.4, 0.5) is 5.82 Å². The Kier molecular flexibility index (Phi) is 4.22. The molecule has 1 saturated carbocycles. The zero-order valence-electron chi connectivity index (χ0n) is 13.0. The SMILES string of the molecule is CN(C)c1ccc(OC2CCCN(S(=O)(=O)C3CC3)C2)nn1. The molecule has 1 aromatic rings. The topological polar surface area (TPSA) is 75.6 Å². The highest BCUT2D eigenvalue weighted by Gasteiger charge is 2.41. The van der Waals surface area contributed by atoms with Crippen LogP contribution in [0, 0.1) is 0 Å². The highest BCUT2D eigenvalue weighted by atomic mass is 32.2. The van der Waals surface area contributed by atoms with Gasteiger partial charge in [-0.2, -0.15) is 4.31 Å². The molecule has 0 N–H and O–H groups in total. The van der Waals surface area contributed by atoms with Crippen LogP contribution < -0.4 is 9.64 Å². The number of anilines is 1. The molecular weight excluding hydrogens is 304 g/mol. The standard InChI is InChI=1S/C14H22N4O3S/c1-17(2)13-7-8-14(16-15-13)21-11-4-3-9-18(10-11)22(19,20)12-5-6-12/h7-8,11-12H,3-6,9-10H2,1-2H3. The molecule has 1 aliphatic carbocycles. The van der Waals surface area contributed by atoms with Crippen LogP contribution in [0.3, 0.4) is 0 Å². The zero-order valence-corrected chi connectivity index (χ0v) is 13.8. The fourth-order valence-corrected chi connectivity index (χ4v) is 4.51. The van der Waals surface area contributed by atoms with Gasteiger partial charge in [0.25, 0.3) is 0 Å². The van der Waals surface area contributed by atoms with Crippen LogP contribution in [0.5, 0.6) is 5.88 Å². The molecule has 1 atom stereocenters. The quantitative estimate of drug-likeness (QED) is 0.799. The van der Waals surface area contributed by atoms with Crippen LogP contribution in [0.25, 0.3) is 0 Å². The van der Waals surface area contributed by atoms with E-state index in [2.05, 4.69) is 10.2 Å². The molecule has 122 valence electrons. The smallest absolute Gasteiger partial charge is 0.233 e. The number of sulfonamides is 1. The van der Waals surface area contributed by atoms with E-state index in [-0.39, 0.29) is 11.4 Å². The van der Waals surface area contributed by atoms with Crippen molar-refractivity contribution in [2.75, 3.05) is 32.1 Å². The number of nitrogens with zero attached hydrogens (tertiary/aromatic N) is 4. The molecule has 7 nitrogen and oxygen atoms in total. The van der Waals surface area contributed by atoms with Crippen molar-refractivity contribution in [2.45, 2.75) is 37.0 Å². The summed E-state index contributed by atoms with van der Waals surface area (Å²) in [7, 11) is 0.669. The van der Waals surface area contributed by atoms with Gasteiger partial charge in [0, 0.05) is 26.7 Å². The lowest BCUT2D eigenvalue weighted by atomic mass is 10.1. The number of ether oxygens (including phenoxy) is 1. The summed E-state index contributed by atoms with van der Waals surface area (Å²) < 4.78 is 32.0. The van der Waals surface area contributed by atoms with Crippen molar-refractivity contribution >= 4 is 15.8 Å².